The van der Waals surface area contributed by atoms with Gasteiger partial charge in [-0.2, -0.15) is 5.26 Å². The molecule has 0 aliphatic carbocycles. The van der Waals surface area contributed by atoms with Crippen LogP contribution in [0.25, 0.3) is 0 Å². The van der Waals surface area contributed by atoms with Crippen LogP contribution < -0.4 is 10.2 Å². The van der Waals surface area contributed by atoms with Gasteiger partial charge in [-0.1, -0.05) is 36.3 Å². The highest BCUT2D eigenvalue weighted by Gasteiger charge is 2.36. The van der Waals surface area contributed by atoms with Gasteiger partial charge in [-0.15, -0.1) is 5.10 Å². The average Bonchev–Trinajstić information content (AvgIpc) is 3.22. The summed E-state index contributed by atoms with van der Waals surface area (Å²) in [5, 5.41) is 29.7. The van der Waals surface area contributed by atoms with E-state index in [1.54, 1.807) is 0 Å². The molecular weight excluding hydrogens is 378 g/mol. The first-order valence-corrected chi connectivity index (χ1v) is 10.3. The smallest absolute Gasteiger partial charge is 0.315 e. The average molecular weight is 401 g/mol. The van der Waals surface area contributed by atoms with E-state index in [1.165, 1.54) is 22.4 Å². The maximum absolute atomic E-state index is 9.41. The molecule has 3 atom stereocenters. The summed E-state index contributed by atoms with van der Waals surface area (Å²) in [4.78, 5) is 2.48. The highest BCUT2D eigenvalue weighted by molar-refractivity contribution is 5.64. The van der Waals surface area contributed by atoms with Crippen molar-refractivity contribution in [1.29, 1.82) is 5.26 Å². The highest BCUT2D eigenvalue weighted by Crippen LogP contribution is 2.46. The molecule has 3 heterocycles. The summed E-state index contributed by atoms with van der Waals surface area (Å²) in [7, 11) is 0. The molecule has 3 aromatic rings. The molecule has 0 saturated carbocycles. The van der Waals surface area contributed by atoms with Gasteiger partial charge in [0.05, 0.1) is 17.7 Å². The van der Waals surface area contributed by atoms with Gasteiger partial charge < -0.3 is 19.7 Å². The topological polar surface area (TPSA) is 98.2 Å². The Morgan fingerprint density at radius 3 is 2.80 bits per heavy atom. The largest absolute Gasteiger partial charge is 0.406 e. The maximum Gasteiger partial charge on any atom is 0.315 e. The molecule has 2 aromatic carbocycles. The molecule has 7 heteroatoms. The number of aromatic nitrogens is 2. The predicted octanol–water partition coefficient (Wildman–Crippen LogP) is 3.72. The first-order valence-electron chi connectivity index (χ1n) is 10.3. The van der Waals surface area contributed by atoms with Crippen LogP contribution >= 0.6 is 0 Å². The zero-order valence-corrected chi connectivity index (χ0v) is 16.7. The number of nitrogens with one attached hydrogen (secondary N) is 1. The lowest BCUT2D eigenvalue weighted by molar-refractivity contribution is 0.241. The van der Waals surface area contributed by atoms with Crippen LogP contribution in [0.15, 0.2) is 46.9 Å². The van der Waals surface area contributed by atoms with Crippen molar-refractivity contribution >= 4 is 11.7 Å². The first kappa shape index (κ1) is 18.6. The van der Waals surface area contributed by atoms with Crippen molar-refractivity contribution in [2.45, 2.75) is 44.4 Å². The fourth-order valence-electron chi connectivity index (χ4n) is 4.84. The monoisotopic (exact) mass is 401 g/mol. The van der Waals surface area contributed by atoms with Crippen LogP contribution in [0, 0.1) is 11.3 Å². The van der Waals surface area contributed by atoms with Gasteiger partial charge in [-0.05, 0) is 47.7 Å². The zero-order chi connectivity index (χ0) is 20.7. The second-order valence-electron chi connectivity index (χ2n) is 7.97. The van der Waals surface area contributed by atoms with Gasteiger partial charge in [0.25, 0.3) is 0 Å². The number of hydrogen-bond donors (Lipinski definition) is 2. The van der Waals surface area contributed by atoms with E-state index in [0.717, 1.165) is 19.4 Å². The van der Waals surface area contributed by atoms with Crippen molar-refractivity contribution in [3.05, 3.63) is 70.6 Å². The van der Waals surface area contributed by atoms with Crippen molar-refractivity contribution < 1.29 is 9.52 Å². The molecule has 0 radical (unpaired) electrons. The molecule has 1 saturated heterocycles. The van der Waals surface area contributed by atoms with Crippen LogP contribution in [0.4, 0.5) is 11.7 Å². The number of nitriles is 1. The minimum Gasteiger partial charge on any atom is -0.406 e. The third kappa shape index (κ3) is 3.10. The number of fused-ring (bicyclic) bond motifs is 5. The van der Waals surface area contributed by atoms with E-state index in [-0.39, 0.29) is 30.5 Å². The Bertz CT molecular complexity index is 1120. The van der Waals surface area contributed by atoms with E-state index < -0.39 is 0 Å². The van der Waals surface area contributed by atoms with E-state index >= 15 is 0 Å². The van der Waals surface area contributed by atoms with Crippen molar-refractivity contribution in [2.75, 3.05) is 16.8 Å². The molecule has 5 rings (SSSR count). The molecule has 2 aliphatic rings. The number of aliphatic hydroxyl groups excluding tert-OH is 1. The summed E-state index contributed by atoms with van der Waals surface area (Å²) >= 11 is 0. The Morgan fingerprint density at radius 2 is 2.03 bits per heavy atom. The molecule has 2 N–H and O–H groups in total. The standard InChI is InChI=1S/C23H23N5O2/c1-14-17-4-2-3-5-18(17)21-11-16(25-23-27-26-22(13-29)30-23)8-9-28(21)20-7-6-15(12-24)10-19(14)20/h2-7,10,14,16,21,29H,8-9,11,13H2,1H3,(H,25,27)/t14-,16?,21-/m0/s1. The second-order valence-corrected chi connectivity index (χ2v) is 7.97. The Labute approximate surface area is 175 Å². The summed E-state index contributed by atoms with van der Waals surface area (Å²) in [6.07, 6.45) is 1.81. The molecular formula is C23H23N5O2. The summed E-state index contributed by atoms with van der Waals surface area (Å²) in [5.41, 5.74) is 5.75. The lowest BCUT2D eigenvalue weighted by atomic mass is 9.86. The maximum atomic E-state index is 9.41. The Kier molecular flexibility index (Phi) is 4.64. The van der Waals surface area contributed by atoms with E-state index in [0.29, 0.717) is 11.6 Å². The van der Waals surface area contributed by atoms with Gasteiger partial charge in [0.2, 0.25) is 5.89 Å². The zero-order valence-electron chi connectivity index (χ0n) is 16.7. The molecule has 2 aliphatic heterocycles. The third-order valence-corrected chi connectivity index (χ3v) is 6.29. The molecule has 1 unspecified atom stereocenters. The van der Waals surface area contributed by atoms with E-state index in [1.807, 2.05) is 12.1 Å². The quantitative estimate of drug-likeness (QED) is 0.690. The number of hydrogen-bond acceptors (Lipinski definition) is 7. The SMILES string of the molecule is C[C@H]1c2ccccc2[C@@H]2CC(Nc3nnc(CO)o3)CCN2c2ccc(C#N)cc21. The predicted molar refractivity (Wildman–Crippen MR) is 112 cm³/mol. The molecule has 1 fully saturated rings. The van der Waals surface area contributed by atoms with Crippen molar-refractivity contribution in [2.24, 2.45) is 0 Å². The number of piperidine rings is 1. The van der Waals surface area contributed by atoms with Gasteiger partial charge >= 0.3 is 6.01 Å². The van der Waals surface area contributed by atoms with Gasteiger partial charge in [0.1, 0.15) is 6.61 Å². The highest BCUT2D eigenvalue weighted by atomic mass is 16.4. The fraction of sp³-hybridized carbons (Fsp3) is 0.348. The van der Waals surface area contributed by atoms with Gasteiger partial charge in [-0.3, -0.25) is 0 Å². The molecule has 7 nitrogen and oxygen atoms in total. The van der Waals surface area contributed by atoms with Crippen LogP contribution in [0.2, 0.25) is 0 Å². The van der Waals surface area contributed by atoms with Crippen LogP contribution in [0.3, 0.4) is 0 Å². The summed E-state index contributed by atoms with van der Waals surface area (Å²) in [6.45, 7) is 2.84. The fourth-order valence-corrected chi connectivity index (χ4v) is 4.84. The number of aliphatic hydroxyl groups is 1. The van der Waals surface area contributed by atoms with Crippen LogP contribution in [0.1, 0.15) is 59.9 Å². The summed E-state index contributed by atoms with van der Waals surface area (Å²) in [5.74, 6) is 0.426. The molecule has 1 aromatic heterocycles. The van der Waals surface area contributed by atoms with Crippen LogP contribution in [-0.2, 0) is 6.61 Å². The Hall–Kier alpha value is -3.37. The van der Waals surface area contributed by atoms with Gasteiger partial charge in [0.15, 0.2) is 0 Å². The van der Waals surface area contributed by atoms with E-state index in [9.17, 15) is 5.26 Å². The summed E-state index contributed by atoms with van der Waals surface area (Å²) in [6, 6.07) is 17.7. The molecule has 0 amide bonds. The molecule has 152 valence electrons. The van der Waals surface area contributed by atoms with Crippen molar-refractivity contribution in [1.82, 2.24) is 10.2 Å². The van der Waals surface area contributed by atoms with Crippen LogP contribution in [-0.4, -0.2) is 27.9 Å². The Morgan fingerprint density at radius 1 is 1.20 bits per heavy atom. The van der Waals surface area contributed by atoms with E-state index in [2.05, 4.69) is 63.7 Å². The minimum absolute atomic E-state index is 0.182. The minimum atomic E-state index is -0.261. The number of benzene rings is 2. The molecule has 0 spiro atoms. The number of anilines is 2. The molecule has 0 bridgehead atoms. The second kappa shape index (κ2) is 7.47. The molecule has 30 heavy (non-hydrogen) atoms. The third-order valence-electron chi connectivity index (χ3n) is 6.29. The normalized spacial score (nSPS) is 22.3. The Balaban J connectivity index is 1.52. The van der Waals surface area contributed by atoms with Gasteiger partial charge in [0, 0.05) is 24.2 Å². The number of rotatable bonds is 3. The summed E-state index contributed by atoms with van der Waals surface area (Å²) < 4.78 is 5.44. The van der Waals surface area contributed by atoms with Gasteiger partial charge in [-0.25, -0.2) is 0 Å². The van der Waals surface area contributed by atoms with E-state index in [4.69, 9.17) is 9.52 Å². The lowest BCUT2D eigenvalue weighted by Crippen LogP contribution is -2.41. The van der Waals surface area contributed by atoms with Crippen LogP contribution in [0.5, 0.6) is 0 Å². The first-order chi connectivity index (χ1) is 14.7. The number of nitrogens with zero attached hydrogens (tertiary/aromatic N) is 4. The van der Waals surface area contributed by atoms with Crippen molar-refractivity contribution in [3.8, 4) is 6.07 Å². The lowest BCUT2D eigenvalue weighted by Gasteiger charge is -2.41. The van der Waals surface area contributed by atoms with Crippen molar-refractivity contribution in [3.63, 3.8) is 0 Å².